The van der Waals surface area contributed by atoms with Crippen molar-refractivity contribution in [2.75, 3.05) is 23.3 Å². The van der Waals surface area contributed by atoms with Gasteiger partial charge in [-0.3, -0.25) is 4.79 Å². The summed E-state index contributed by atoms with van der Waals surface area (Å²) in [5.41, 5.74) is -0.0881. The lowest BCUT2D eigenvalue weighted by Gasteiger charge is -2.22. The third kappa shape index (κ3) is 3.78. The summed E-state index contributed by atoms with van der Waals surface area (Å²) in [6, 6.07) is 1.05. The lowest BCUT2D eigenvalue weighted by molar-refractivity contribution is 0.102. The molecule has 4 rings (SSSR count). The van der Waals surface area contributed by atoms with Gasteiger partial charge in [0.1, 0.15) is 22.8 Å². The molecule has 0 radical (unpaired) electrons. The van der Waals surface area contributed by atoms with E-state index in [9.17, 15) is 18.0 Å². The molecule has 9 heteroatoms. The number of benzene rings is 1. The molecule has 1 N–H and O–H groups in total. The van der Waals surface area contributed by atoms with E-state index < -0.39 is 29.0 Å². The number of aromatic nitrogens is 2. The first-order valence-corrected chi connectivity index (χ1v) is 10.2. The smallest absolute Gasteiger partial charge is 0.257 e. The van der Waals surface area contributed by atoms with Crippen LogP contribution < -0.4 is 10.2 Å². The molecule has 0 saturated carbocycles. The zero-order valence-electron chi connectivity index (χ0n) is 15.8. The van der Waals surface area contributed by atoms with E-state index >= 15 is 0 Å². The summed E-state index contributed by atoms with van der Waals surface area (Å²) in [6.45, 7) is 3.44. The van der Waals surface area contributed by atoms with E-state index in [4.69, 9.17) is 0 Å². The van der Waals surface area contributed by atoms with Crippen molar-refractivity contribution in [3.63, 3.8) is 0 Å². The van der Waals surface area contributed by atoms with Crippen LogP contribution in [0.5, 0.6) is 0 Å². The Hall–Kier alpha value is -2.68. The fourth-order valence-electron chi connectivity index (χ4n) is 3.63. The van der Waals surface area contributed by atoms with E-state index in [1.165, 1.54) is 17.7 Å². The van der Waals surface area contributed by atoms with E-state index in [0.717, 1.165) is 38.8 Å². The number of rotatable bonds is 3. The maximum absolute atomic E-state index is 14.0. The SMILES string of the molecule is Cc1sc2ncnc(N3CCCCCC3)c2c1C(=O)Nc1cc(F)c(F)cc1F. The molecule has 3 heterocycles. The van der Waals surface area contributed by atoms with E-state index in [0.29, 0.717) is 38.6 Å². The first-order valence-electron chi connectivity index (χ1n) is 9.40. The Balaban J connectivity index is 1.76. The number of amides is 1. The molecule has 5 nitrogen and oxygen atoms in total. The van der Waals surface area contributed by atoms with Gasteiger partial charge in [-0.2, -0.15) is 0 Å². The number of halogens is 3. The molecule has 0 atom stereocenters. The number of hydrogen-bond donors (Lipinski definition) is 1. The molecule has 0 unspecified atom stereocenters. The largest absolute Gasteiger partial charge is 0.356 e. The molecule has 152 valence electrons. The molecule has 29 heavy (non-hydrogen) atoms. The van der Waals surface area contributed by atoms with Crippen LogP contribution in [0, 0.1) is 24.4 Å². The van der Waals surface area contributed by atoms with Gasteiger partial charge in [0.05, 0.1) is 16.6 Å². The third-order valence-corrected chi connectivity index (χ3v) is 6.05. The van der Waals surface area contributed by atoms with Crippen molar-refractivity contribution in [2.45, 2.75) is 32.6 Å². The number of hydrogen-bond acceptors (Lipinski definition) is 5. The van der Waals surface area contributed by atoms with E-state index in [-0.39, 0.29) is 0 Å². The maximum atomic E-state index is 14.0. The van der Waals surface area contributed by atoms with Crippen LogP contribution in [0.2, 0.25) is 0 Å². The Morgan fingerprint density at radius 3 is 2.45 bits per heavy atom. The third-order valence-electron chi connectivity index (χ3n) is 5.04. The molecule has 1 aliphatic heterocycles. The first-order chi connectivity index (χ1) is 14.0. The van der Waals surface area contributed by atoms with Gasteiger partial charge in [-0.25, -0.2) is 23.1 Å². The first kappa shape index (κ1) is 19.6. The Kier molecular flexibility index (Phi) is 5.40. The highest BCUT2D eigenvalue weighted by atomic mass is 32.1. The standard InChI is InChI=1S/C20H19F3N4OS/c1-11-16(19(28)26-15-9-13(22)12(21)8-14(15)23)17-18(24-10-25-20(17)29-11)27-6-4-2-3-5-7-27/h8-10H,2-7H2,1H3,(H,26,28). The summed E-state index contributed by atoms with van der Waals surface area (Å²) >= 11 is 1.34. The highest BCUT2D eigenvalue weighted by molar-refractivity contribution is 7.19. The minimum absolute atomic E-state index is 0.328. The van der Waals surface area contributed by atoms with Crippen molar-refractivity contribution in [3.8, 4) is 0 Å². The van der Waals surface area contributed by atoms with Crippen molar-refractivity contribution in [1.82, 2.24) is 9.97 Å². The Morgan fingerprint density at radius 1 is 1.03 bits per heavy atom. The molecular weight excluding hydrogens is 401 g/mol. The molecule has 0 spiro atoms. The average Bonchev–Trinajstić information content (AvgIpc) is 2.85. The van der Waals surface area contributed by atoms with Crippen LogP contribution in [0.1, 0.15) is 40.9 Å². The molecular formula is C20H19F3N4OS. The number of nitrogens with one attached hydrogen (secondary N) is 1. The normalized spacial score (nSPS) is 14.8. The summed E-state index contributed by atoms with van der Waals surface area (Å²) in [7, 11) is 0. The molecule has 1 aromatic carbocycles. The number of nitrogens with zero attached hydrogens (tertiary/aromatic N) is 3. The Bertz CT molecular complexity index is 1080. The monoisotopic (exact) mass is 420 g/mol. The van der Waals surface area contributed by atoms with Crippen molar-refractivity contribution in [3.05, 3.63) is 46.4 Å². The van der Waals surface area contributed by atoms with Crippen LogP contribution >= 0.6 is 11.3 Å². The predicted octanol–water partition coefficient (Wildman–Crippen LogP) is 5.05. The van der Waals surface area contributed by atoms with Gasteiger partial charge in [-0.15, -0.1) is 11.3 Å². The molecule has 1 fully saturated rings. The van der Waals surface area contributed by atoms with Crippen LogP contribution in [0.15, 0.2) is 18.5 Å². The second-order valence-electron chi connectivity index (χ2n) is 7.01. The second-order valence-corrected chi connectivity index (χ2v) is 8.22. The fourth-order valence-corrected chi connectivity index (χ4v) is 4.61. The van der Waals surface area contributed by atoms with Gasteiger partial charge in [0.15, 0.2) is 11.6 Å². The highest BCUT2D eigenvalue weighted by Crippen LogP contribution is 2.36. The predicted molar refractivity (Wildman–Crippen MR) is 107 cm³/mol. The van der Waals surface area contributed by atoms with Gasteiger partial charge in [-0.1, -0.05) is 12.8 Å². The zero-order chi connectivity index (χ0) is 20.5. The fraction of sp³-hybridized carbons (Fsp3) is 0.350. The summed E-state index contributed by atoms with van der Waals surface area (Å²) in [4.78, 5) is 25.2. The number of carbonyl (C=O) groups is 1. The summed E-state index contributed by atoms with van der Waals surface area (Å²) in [5.74, 6) is -3.52. The number of aryl methyl sites for hydroxylation is 1. The maximum Gasteiger partial charge on any atom is 0.257 e. The van der Waals surface area contributed by atoms with E-state index in [1.807, 2.05) is 0 Å². The van der Waals surface area contributed by atoms with Gasteiger partial charge in [0.2, 0.25) is 0 Å². The molecule has 2 aromatic heterocycles. The average molecular weight is 420 g/mol. The van der Waals surface area contributed by atoms with Gasteiger partial charge in [0, 0.05) is 30.1 Å². The van der Waals surface area contributed by atoms with Gasteiger partial charge in [-0.05, 0) is 19.8 Å². The minimum atomic E-state index is -1.31. The zero-order valence-corrected chi connectivity index (χ0v) is 16.6. The Morgan fingerprint density at radius 2 is 1.72 bits per heavy atom. The van der Waals surface area contributed by atoms with Crippen molar-refractivity contribution >= 4 is 39.0 Å². The van der Waals surface area contributed by atoms with Crippen molar-refractivity contribution in [2.24, 2.45) is 0 Å². The van der Waals surface area contributed by atoms with E-state index in [1.54, 1.807) is 6.92 Å². The molecule has 0 aliphatic carbocycles. The molecule has 1 aliphatic rings. The topological polar surface area (TPSA) is 58.1 Å². The number of fused-ring (bicyclic) bond motifs is 1. The molecule has 0 bridgehead atoms. The molecule has 1 saturated heterocycles. The van der Waals surface area contributed by atoms with Crippen LogP contribution in [0.4, 0.5) is 24.7 Å². The lowest BCUT2D eigenvalue weighted by atomic mass is 10.1. The number of thiophene rings is 1. The van der Waals surface area contributed by atoms with Crippen molar-refractivity contribution in [1.29, 1.82) is 0 Å². The Labute approximate surface area is 169 Å². The number of anilines is 2. The molecule has 3 aromatic rings. The molecule has 1 amide bonds. The van der Waals surface area contributed by atoms with Gasteiger partial charge in [0.25, 0.3) is 5.91 Å². The van der Waals surface area contributed by atoms with E-state index in [2.05, 4.69) is 20.2 Å². The van der Waals surface area contributed by atoms with Crippen molar-refractivity contribution < 1.29 is 18.0 Å². The van der Waals surface area contributed by atoms with Gasteiger partial charge >= 0.3 is 0 Å². The quantitative estimate of drug-likeness (QED) is 0.603. The summed E-state index contributed by atoms with van der Waals surface area (Å²) in [5, 5.41) is 2.98. The van der Waals surface area contributed by atoms with Gasteiger partial charge < -0.3 is 10.2 Å². The lowest BCUT2D eigenvalue weighted by Crippen LogP contribution is -2.25. The van der Waals surface area contributed by atoms with Crippen LogP contribution in [-0.2, 0) is 0 Å². The minimum Gasteiger partial charge on any atom is -0.356 e. The second kappa shape index (κ2) is 7.98. The van der Waals surface area contributed by atoms with Crippen LogP contribution in [0.25, 0.3) is 10.2 Å². The number of carbonyl (C=O) groups excluding carboxylic acids is 1. The van der Waals surface area contributed by atoms with Crippen LogP contribution in [-0.4, -0.2) is 29.0 Å². The van der Waals surface area contributed by atoms with Crippen LogP contribution in [0.3, 0.4) is 0 Å². The summed E-state index contributed by atoms with van der Waals surface area (Å²) < 4.78 is 40.7. The highest BCUT2D eigenvalue weighted by Gasteiger charge is 2.25. The summed E-state index contributed by atoms with van der Waals surface area (Å²) in [6.07, 6.45) is 5.86.